The summed E-state index contributed by atoms with van der Waals surface area (Å²) >= 11 is 3.40. The number of rotatable bonds is 3. The summed E-state index contributed by atoms with van der Waals surface area (Å²) in [6.45, 7) is 4.08. The minimum atomic E-state index is -0.131. The van der Waals surface area contributed by atoms with E-state index in [1.165, 1.54) is 17.2 Å². The first kappa shape index (κ1) is 14.5. The van der Waals surface area contributed by atoms with Gasteiger partial charge in [-0.15, -0.1) is 0 Å². The maximum atomic E-state index is 11.9. The maximum Gasteiger partial charge on any atom is 0.248 e. The first-order chi connectivity index (χ1) is 9.54. The Kier molecular flexibility index (Phi) is 4.74. The van der Waals surface area contributed by atoms with Crippen molar-refractivity contribution in [3.8, 4) is 0 Å². The van der Waals surface area contributed by atoms with E-state index in [1.54, 1.807) is 6.08 Å². The summed E-state index contributed by atoms with van der Waals surface area (Å²) in [7, 11) is 0. The van der Waals surface area contributed by atoms with E-state index in [2.05, 4.69) is 21.2 Å². The molecule has 1 N–H and O–H groups in total. The number of amides is 1. The normalized spacial score (nSPS) is 10.8. The van der Waals surface area contributed by atoms with Crippen LogP contribution in [0.25, 0.3) is 6.08 Å². The second-order valence-corrected chi connectivity index (χ2v) is 5.59. The largest absolute Gasteiger partial charge is 0.323 e. The third-order valence-corrected chi connectivity index (χ3v) is 3.54. The second kappa shape index (κ2) is 6.53. The lowest BCUT2D eigenvalue weighted by atomic mass is 10.1. The van der Waals surface area contributed by atoms with Crippen LogP contribution in [0.1, 0.15) is 16.7 Å². The molecule has 0 spiro atoms. The summed E-state index contributed by atoms with van der Waals surface area (Å²) in [6.07, 6.45) is 3.33. The van der Waals surface area contributed by atoms with Crippen LogP contribution in [0.5, 0.6) is 0 Å². The zero-order valence-electron chi connectivity index (χ0n) is 11.5. The fraction of sp³-hybridized carbons (Fsp3) is 0.118. The Balaban J connectivity index is 2.03. The summed E-state index contributed by atoms with van der Waals surface area (Å²) in [4.78, 5) is 11.9. The molecule has 0 aliphatic heterocycles. The second-order valence-electron chi connectivity index (χ2n) is 4.68. The Morgan fingerprint density at radius 1 is 1.10 bits per heavy atom. The highest BCUT2D eigenvalue weighted by atomic mass is 79.9. The lowest BCUT2D eigenvalue weighted by Gasteiger charge is -2.05. The molecule has 2 rings (SSSR count). The van der Waals surface area contributed by atoms with Crippen molar-refractivity contribution in [3.63, 3.8) is 0 Å². The fourth-order valence-corrected chi connectivity index (χ4v) is 2.20. The van der Waals surface area contributed by atoms with Crippen LogP contribution < -0.4 is 5.32 Å². The SMILES string of the molecule is Cc1ccc(NC(=O)/C=C/c2cccc(Br)c2)cc1C. The minimum absolute atomic E-state index is 0.131. The van der Waals surface area contributed by atoms with Crippen LogP contribution >= 0.6 is 15.9 Å². The average Bonchev–Trinajstić information content (AvgIpc) is 2.41. The third-order valence-electron chi connectivity index (χ3n) is 3.05. The third kappa shape index (κ3) is 4.07. The molecule has 0 saturated carbocycles. The molecular formula is C17H16BrNO. The van der Waals surface area contributed by atoms with Crippen LogP contribution in [0.3, 0.4) is 0 Å². The van der Waals surface area contributed by atoms with Gasteiger partial charge in [0.2, 0.25) is 5.91 Å². The van der Waals surface area contributed by atoms with Crippen LogP contribution in [0.4, 0.5) is 5.69 Å². The molecule has 0 radical (unpaired) electrons. The van der Waals surface area contributed by atoms with Crippen LogP contribution in [-0.4, -0.2) is 5.91 Å². The summed E-state index contributed by atoms with van der Waals surface area (Å²) in [5, 5.41) is 2.86. The van der Waals surface area contributed by atoms with E-state index < -0.39 is 0 Å². The van der Waals surface area contributed by atoms with Crippen LogP contribution in [0, 0.1) is 13.8 Å². The van der Waals surface area contributed by atoms with Gasteiger partial charge in [-0.1, -0.05) is 34.1 Å². The summed E-state index contributed by atoms with van der Waals surface area (Å²) in [6, 6.07) is 13.7. The van der Waals surface area contributed by atoms with E-state index in [0.717, 1.165) is 15.7 Å². The van der Waals surface area contributed by atoms with Gasteiger partial charge in [0.25, 0.3) is 0 Å². The Hall–Kier alpha value is -1.87. The number of hydrogen-bond donors (Lipinski definition) is 1. The summed E-state index contributed by atoms with van der Waals surface area (Å²) in [5.41, 5.74) is 4.18. The van der Waals surface area contributed by atoms with Gasteiger partial charge in [0.05, 0.1) is 0 Å². The predicted molar refractivity (Wildman–Crippen MR) is 87.7 cm³/mol. The molecule has 102 valence electrons. The Morgan fingerprint density at radius 2 is 1.90 bits per heavy atom. The highest BCUT2D eigenvalue weighted by Crippen LogP contribution is 2.15. The molecule has 20 heavy (non-hydrogen) atoms. The molecule has 0 aromatic heterocycles. The topological polar surface area (TPSA) is 29.1 Å². The van der Waals surface area contributed by atoms with Crippen molar-refractivity contribution in [2.45, 2.75) is 13.8 Å². The molecule has 2 aromatic rings. The quantitative estimate of drug-likeness (QED) is 0.811. The van der Waals surface area contributed by atoms with E-state index in [-0.39, 0.29) is 5.91 Å². The predicted octanol–water partition coefficient (Wildman–Crippen LogP) is 4.72. The molecule has 0 bridgehead atoms. The maximum absolute atomic E-state index is 11.9. The van der Waals surface area contributed by atoms with Crippen molar-refractivity contribution >= 4 is 33.6 Å². The van der Waals surface area contributed by atoms with Gasteiger partial charge in [-0.25, -0.2) is 0 Å². The number of carbonyl (C=O) groups excluding carboxylic acids is 1. The highest BCUT2D eigenvalue weighted by molar-refractivity contribution is 9.10. The number of hydrogen-bond acceptors (Lipinski definition) is 1. The molecule has 0 aliphatic carbocycles. The summed E-state index contributed by atoms with van der Waals surface area (Å²) in [5.74, 6) is -0.131. The number of halogens is 1. The highest BCUT2D eigenvalue weighted by Gasteiger charge is 2.00. The van der Waals surface area contributed by atoms with Gasteiger partial charge in [-0.2, -0.15) is 0 Å². The monoisotopic (exact) mass is 329 g/mol. The van der Waals surface area contributed by atoms with Crippen molar-refractivity contribution in [2.75, 3.05) is 5.32 Å². The van der Waals surface area contributed by atoms with E-state index in [1.807, 2.05) is 56.3 Å². The smallest absolute Gasteiger partial charge is 0.248 e. The van der Waals surface area contributed by atoms with Gasteiger partial charge in [0.1, 0.15) is 0 Å². The number of carbonyl (C=O) groups is 1. The lowest BCUT2D eigenvalue weighted by molar-refractivity contribution is -0.111. The van der Waals surface area contributed by atoms with E-state index in [4.69, 9.17) is 0 Å². The minimum Gasteiger partial charge on any atom is -0.323 e. The standard InChI is InChI=1S/C17H16BrNO/c1-12-6-8-16(10-13(12)2)19-17(20)9-7-14-4-3-5-15(18)11-14/h3-11H,1-2H3,(H,19,20)/b9-7+. The Bertz CT molecular complexity index is 662. The van der Waals surface area contributed by atoms with Crippen molar-refractivity contribution in [2.24, 2.45) is 0 Å². The van der Waals surface area contributed by atoms with Gasteiger partial charge in [-0.3, -0.25) is 4.79 Å². The average molecular weight is 330 g/mol. The van der Waals surface area contributed by atoms with Gasteiger partial charge in [0, 0.05) is 16.2 Å². The number of benzene rings is 2. The number of anilines is 1. The molecule has 2 aromatic carbocycles. The van der Waals surface area contributed by atoms with Gasteiger partial charge < -0.3 is 5.32 Å². The fourth-order valence-electron chi connectivity index (χ4n) is 1.79. The van der Waals surface area contributed by atoms with E-state index >= 15 is 0 Å². The molecular weight excluding hydrogens is 314 g/mol. The van der Waals surface area contributed by atoms with Gasteiger partial charge in [0.15, 0.2) is 0 Å². The van der Waals surface area contributed by atoms with E-state index in [9.17, 15) is 4.79 Å². The Morgan fingerprint density at radius 3 is 2.60 bits per heavy atom. The van der Waals surface area contributed by atoms with Gasteiger partial charge >= 0.3 is 0 Å². The van der Waals surface area contributed by atoms with Crippen LogP contribution in [0.2, 0.25) is 0 Å². The molecule has 0 aliphatic rings. The zero-order valence-corrected chi connectivity index (χ0v) is 13.1. The number of aryl methyl sites for hydroxylation is 2. The molecule has 0 heterocycles. The molecule has 3 heteroatoms. The van der Waals surface area contributed by atoms with Gasteiger partial charge in [-0.05, 0) is 60.9 Å². The van der Waals surface area contributed by atoms with Crippen molar-refractivity contribution in [1.82, 2.24) is 0 Å². The number of nitrogens with one attached hydrogen (secondary N) is 1. The van der Waals surface area contributed by atoms with Crippen molar-refractivity contribution in [1.29, 1.82) is 0 Å². The molecule has 0 atom stereocenters. The van der Waals surface area contributed by atoms with Crippen LogP contribution in [0.15, 0.2) is 53.0 Å². The van der Waals surface area contributed by atoms with Crippen molar-refractivity contribution in [3.05, 3.63) is 69.7 Å². The first-order valence-electron chi connectivity index (χ1n) is 6.36. The zero-order chi connectivity index (χ0) is 14.5. The summed E-state index contributed by atoms with van der Waals surface area (Å²) < 4.78 is 0.995. The molecule has 0 saturated heterocycles. The van der Waals surface area contributed by atoms with E-state index in [0.29, 0.717) is 0 Å². The molecule has 2 nitrogen and oxygen atoms in total. The molecule has 1 amide bonds. The molecule has 0 fully saturated rings. The Labute approximate surface area is 127 Å². The lowest BCUT2D eigenvalue weighted by Crippen LogP contribution is -2.07. The first-order valence-corrected chi connectivity index (χ1v) is 7.16. The van der Waals surface area contributed by atoms with Crippen molar-refractivity contribution < 1.29 is 4.79 Å². The van der Waals surface area contributed by atoms with Crippen LogP contribution in [-0.2, 0) is 4.79 Å². The molecule has 0 unspecified atom stereocenters.